The number of hydrogen-bond donors (Lipinski definition) is 3. The molecule has 1 aliphatic carbocycles. The fraction of sp³-hybridized carbons (Fsp3) is 0.571. The molecule has 0 amide bonds. The number of benzene rings is 2. The Kier molecular flexibility index (Phi) is 8.55. The van der Waals surface area contributed by atoms with Gasteiger partial charge in [0.25, 0.3) is 0 Å². The van der Waals surface area contributed by atoms with Crippen LogP contribution in [-0.4, -0.2) is 44.5 Å². The van der Waals surface area contributed by atoms with Crippen LogP contribution in [0.5, 0.6) is 0 Å². The lowest BCUT2D eigenvalue weighted by atomic mass is 9.84. The van der Waals surface area contributed by atoms with Gasteiger partial charge in [0.05, 0.1) is 10.9 Å². The molecule has 4 rings (SSSR count). The van der Waals surface area contributed by atoms with E-state index >= 15 is 0 Å². The van der Waals surface area contributed by atoms with Crippen molar-refractivity contribution < 1.29 is 13.5 Å². The first-order valence-electron chi connectivity index (χ1n) is 13.1. The molecule has 1 saturated carbocycles. The second-order valence-electron chi connectivity index (χ2n) is 10.8. The molecule has 0 aromatic heterocycles. The second kappa shape index (κ2) is 11.3. The van der Waals surface area contributed by atoms with E-state index in [4.69, 9.17) is 11.6 Å². The average Bonchev–Trinajstić information content (AvgIpc) is 2.84. The Labute approximate surface area is 221 Å². The first kappa shape index (κ1) is 27.2. The maximum absolute atomic E-state index is 12.1. The molecular weight excluding hydrogens is 494 g/mol. The van der Waals surface area contributed by atoms with Crippen molar-refractivity contribution in [2.24, 2.45) is 5.92 Å². The molecule has 8 heteroatoms. The molecule has 2 aliphatic rings. The number of sulfonamides is 1. The maximum Gasteiger partial charge on any atom is 0.214 e. The minimum atomic E-state index is -3.20. The van der Waals surface area contributed by atoms with E-state index in [-0.39, 0.29) is 11.3 Å². The van der Waals surface area contributed by atoms with Gasteiger partial charge < -0.3 is 15.3 Å². The molecule has 0 bridgehead atoms. The van der Waals surface area contributed by atoms with Crippen LogP contribution in [0.3, 0.4) is 0 Å². The predicted molar refractivity (Wildman–Crippen MR) is 149 cm³/mol. The number of halogens is 1. The highest BCUT2D eigenvalue weighted by Gasteiger charge is 2.34. The van der Waals surface area contributed by atoms with E-state index in [0.717, 1.165) is 56.6 Å². The zero-order valence-electron chi connectivity index (χ0n) is 21.6. The molecule has 0 atom stereocenters. The van der Waals surface area contributed by atoms with Gasteiger partial charge in [-0.15, -0.1) is 0 Å². The smallest absolute Gasteiger partial charge is 0.214 e. The Morgan fingerprint density at radius 3 is 2.28 bits per heavy atom. The van der Waals surface area contributed by atoms with Crippen molar-refractivity contribution in [1.82, 2.24) is 4.72 Å². The summed E-state index contributed by atoms with van der Waals surface area (Å²) in [6.07, 6.45) is 5.22. The standard InChI is InChI=1S/C28H40ClN3O3S/c1-20(2)36(34,35)31-25-10-4-22(5-11-25)19-30-26-12-13-27(21(3)18-26)32-16-14-28(33,15-17-32)23-6-8-24(29)9-7-23/h6-9,12-13,18,20,22,25,30-31,33H,4-5,10-11,14-17,19H2,1-3H3. The summed E-state index contributed by atoms with van der Waals surface area (Å²) in [5.41, 5.74) is 3.70. The fourth-order valence-electron chi connectivity index (χ4n) is 5.40. The van der Waals surface area contributed by atoms with Crippen molar-refractivity contribution >= 4 is 33.0 Å². The number of nitrogens with one attached hydrogen (secondary N) is 2. The summed E-state index contributed by atoms with van der Waals surface area (Å²) in [6.45, 7) is 8.09. The lowest BCUT2D eigenvalue weighted by Gasteiger charge is -2.40. The number of aryl methyl sites for hydroxylation is 1. The second-order valence-corrected chi connectivity index (χ2v) is 13.5. The fourth-order valence-corrected chi connectivity index (χ4v) is 6.50. The summed E-state index contributed by atoms with van der Waals surface area (Å²) in [7, 11) is -3.20. The summed E-state index contributed by atoms with van der Waals surface area (Å²) >= 11 is 6.01. The Morgan fingerprint density at radius 2 is 1.69 bits per heavy atom. The van der Waals surface area contributed by atoms with E-state index in [1.807, 2.05) is 24.3 Å². The van der Waals surface area contributed by atoms with Crippen LogP contribution >= 0.6 is 11.6 Å². The summed E-state index contributed by atoms with van der Waals surface area (Å²) < 4.78 is 27.1. The molecule has 6 nitrogen and oxygen atoms in total. The Morgan fingerprint density at radius 1 is 1.06 bits per heavy atom. The molecule has 1 saturated heterocycles. The lowest BCUT2D eigenvalue weighted by Crippen LogP contribution is -2.42. The molecule has 0 spiro atoms. The van der Waals surface area contributed by atoms with Gasteiger partial charge >= 0.3 is 0 Å². The highest BCUT2D eigenvalue weighted by molar-refractivity contribution is 7.90. The van der Waals surface area contributed by atoms with E-state index in [2.05, 4.69) is 40.1 Å². The van der Waals surface area contributed by atoms with Gasteiger partial charge in [-0.2, -0.15) is 0 Å². The van der Waals surface area contributed by atoms with Gasteiger partial charge in [-0.25, -0.2) is 13.1 Å². The monoisotopic (exact) mass is 533 g/mol. The molecule has 36 heavy (non-hydrogen) atoms. The van der Waals surface area contributed by atoms with Crippen molar-refractivity contribution in [3.05, 3.63) is 58.6 Å². The van der Waals surface area contributed by atoms with Crippen LogP contribution in [0.4, 0.5) is 11.4 Å². The van der Waals surface area contributed by atoms with Crippen LogP contribution in [0, 0.1) is 12.8 Å². The quantitative estimate of drug-likeness (QED) is 0.421. The third kappa shape index (κ3) is 6.55. The highest BCUT2D eigenvalue weighted by atomic mass is 35.5. The molecule has 2 fully saturated rings. The third-order valence-corrected chi connectivity index (χ3v) is 10.1. The minimum Gasteiger partial charge on any atom is -0.385 e. The van der Waals surface area contributed by atoms with Gasteiger partial charge in [0.15, 0.2) is 0 Å². The van der Waals surface area contributed by atoms with Gasteiger partial charge in [-0.1, -0.05) is 23.7 Å². The largest absolute Gasteiger partial charge is 0.385 e. The number of rotatable bonds is 8. The first-order valence-corrected chi connectivity index (χ1v) is 15.1. The van der Waals surface area contributed by atoms with Gasteiger partial charge in [0, 0.05) is 42.1 Å². The predicted octanol–water partition coefficient (Wildman–Crippen LogP) is 5.43. The van der Waals surface area contributed by atoms with Crippen LogP contribution in [0.25, 0.3) is 0 Å². The Hall–Kier alpha value is -1.80. The lowest BCUT2D eigenvalue weighted by molar-refractivity contribution is 0.0117. The molecule has 198 valence electrons. The van der Waals surface area contributed by atoms with Crippen molar-refractivity contribution in [1.29, 1.82) is 0 Å². The number of piperidine rings is 1. The molecule has 1 aliphatic heterocycles. The number of nitrogens with zero attached hydrogens (tertiary/aromatic N) is 1. The van der Waals surface area contributed by atoms with E-state index in [1.165, 1.54) is 11.3 Å². The normalized spacial score (nSPS) is 22.6. The summed E-state index contributed by atoms with van der Waals surface area (Å²) in [4.78, 5) is 2.36. The zero-order chi connectivity index (χ0) is 25.9. The van der Waals surface area contributed by atoms with Gasteiger partial charge in [-0.3, -0.25) is 0 Å². The van der Waals surface area contributed by atoms with Crippen LogP contribution < -0.4 is 14.9 Å². The Bertz CT molecular complexity index is 1120. The minimum absolute atomic E-state index is 0.0667. The summed E-state index contributed by atoms with van der Waals surface area (Å²) in [5.74, 6) is 0.553. The Balaban J connectivity index is 1.26. The highest BCUT2D eigenvalue weighted by Crippen LogP contribution is 2.36. The summed E-state index contributed by atoms with van der Waals surface area (Å²) in [5, 5.41) is 15.1. The average molecular weight is 534 g/mol. The SMILES string of the molecule is Cc1cc(NCC2CCC(NS(=O)(=O)C(C)C)CC2)ccc1N1CCC(O)(c2ccc(Cl)cc2)CC1. The zero-order valence-corrected chi connectivity index (χ0v) is 23.2. The maximum atomic E-state index is 12.1. The van der Waals surface area contributed by atoms with E-state index in [0.29, 0.717) is 23.8 Å². The summed E-state index contributed by atoms with van der Waals surface area (Å²) in [6, 6.07) is 14.1. The molecular formula is C28H40ClN3O3S. The van der Waals surface area contributed by atoms with Crippen LogP contribution in [0.1, 0.15) is 63.5 Å². The van der Waals surface area contributed by atoms with Gasteiger partial charge in [-0.05, 0) is 107 Å². The van der Waals surface area contributed by atoms with Crippen LogP contribution in [0.2, 0.25) is 5.02 Å². The molecule has 0 radical (unpaired) electrons. The van der Waals surface area contributed by atoms with Crippen LogP contribution in [-0.2, 0) is 15.6 Å². The van der Waals surface area contributed by atoms with Crippen LogP contribution in [0.15, 0.2) is 42.5 Å². The topological polar surface area (TPSA) is 81.7 Å². The van der Waals surface area contributed by atoms with Crippen molar-refractivity contribution in [3.8, 4) is 0 Å². The number of anilines is 2. The molecule has 2 aromatic carbocycles. The van der Waals surface area contributed by atoms with Gasteiger partial charge in [0.2, 0.25) is 10.0 Å². The van der Waals surface area contributed by atoms with Crippen molar-refractivity contribution in [2.75, 3.05) is 29.9 Å². The van der Waals surface area contributed by atoms with E-state index < -0.39 is 15.6 Å². The van der Waals surface area contributed by atoms with E-state index in [9.17, 15) is 13.5 Å². The molecule has 1 heterocycles. The molecule has 3 N–H and O–H groups in total. The van der Waals surface area contributed by atoms with Crippen molar-refractivity contribution in [2.45, 2.75) is 76.2 Å². The first-order chi connectivity index (χ1) is 17.1. The third-order valence-electron chi connectivity index (χ3n) is 7.90. The number of hydrogen-bond acceptors (Lipinski definition) is 5. The van der Waals surface area contributed by atoms with Gasteiger partial charge in [0.1, 0.15) is 0 Å². The number of aliphatic hydroxyl groups is 1. The van der Waals surface area contributed by atoms with E-state index in [1.54, 1.807) is 13.8 Å². The molecule has 2 aromatic rings. The van der Waals surface area contributed by atoms with Crippen molar-refractivity contribution in [3.63, 3.8) is 0 Å². The molecule has 0 unspecified atom stereocenters.